The van der Waals surface area contributed by atoms with Crippen molar-refractivity contribution in [2.45, 2.75) is 39.1 Å². The number of aromatic nitrogens is 1. The fourth-order valence-electron chi connectivity index (χ4n) is 1.83. The third kappa shape index (κ3) is 6.31. The molecule has 0 unspecified atom stereocenters. The molecule has 0 saturated heterocycles. The lowest BCUT2D eigenvalue weighted by Crippen LogP contribution is -2.32. The first-order valence-corrected chi connectivity index (χ1v) is 6.91. The Morgan fingerprint density at radius 2 is 2.00 bits per heavy atom. The maximum absolute atomic E-state index is 12.8. The highest BCUT2D eigenvalue weighted by Gasteiger charge is 2.33. The molecule has 0 radical (unpaired) electrons. The molecule has 0 aliphatic rings. The van der Waals surface area contributed by atoms with Gasteiger partial charge < -0.3 is 14.6 Å². The highest BCUT2D eigenvalue weighted by Crippen LogP contribution is 2.27. The highest BCUT2D eigenvalue weighted by atomic mass is 19.4. The molecule has 0 amide bonds. The van der Waals surface area contributed by atoms with Crippen LogP contribution in [0.4, 0.5) is 13.2 Å². The van der Waals surface area contributed by atoms with Crippen LogP contribution in [0.2, 0.25) is 0 Å². The maximum Gasteiger partial charge on any atom is 0.431 e. The van der Waals surface area contributed by atoms with E-state index in [1.54, 1.807) is 0 Å². The number of halogens is 3. The van der Waals surface area contributed by atoms with Crippen LogP contribution in [-0.2, 0) is 17.5 Å². The van der Waals surface area contributed by atoms with Gasteiger partial charge in [0.05, 0.1) is 6.10 Å². The third-order valence-corrected chi connectivity index (χ3v) is 2.80. The third-order valence-electron chi connectivity index (χ3n) is 2.80. The summed E-state index contributed by atoms with van der Waals surface area (Å²) >= 11 is 0. The van der Waals surface area contributed by atoms with Crippen LogP contribution in [0.3, 0.4) is 0 Å². The van der Waals surface area contributed by atoms with Gasteiger partial charge in [0.25, 0.3) is 5.56 Å². The van der Waals surface area contributed by atoms with Crippen LogP contribution in [-0.4, -0.2) is 30.4 Å². The molecule has 120 valence electrons. The minimum absolute atomic E-state index is 0.0143. The van der Waals surface area contributed by atoms with E-state index in [9.17, 15) is 18.0 Å². The molecule has 0 fully saturated rings. The Hall–Kier alpha value is -1.34. The molecular weight excluding hydrogens is 285 g/mol. The first-order valence-electron chi connectivity index (χ1n) is 6.91. The standard InChI is InChI=1S/C14H21F3N2O2/c1-11(2)21-10-4-7-18-8-9-19-12(14(15,16)17)5-3-6-13(19)20/h3,5-6,11,18H,4,7-10H2,1-2H3. The Morgan fingerprint density at radius 3 is 2.62 bits per heavy atom. The zero-order valence-electron chi connectivity index (χ0n) is 12.2. The van der Waals surface area contributed by atoms with E-state index in [-0.39, 0.29) is 12.6 Å². The Balaban J connectivity index is 2.44. The van der Waals surface area contributed by atoms with E-state index in [4.69, 9.17) is 4.74 Å². The van der Waals surface area contributed by atoms with Crippen LogP contribution >= 0.6 is 0 Å². The summed E-state index contributed by atoms with van der Waals surface area (Å²) in [5, 5.41) is 3.01. The van der Waals surface area contributed by atoms with Crippen LogP contribution in [0, 0.1) is 0 Å². The van der Waals surface area contributed by atoms with E-state index in [0.29, 0.717) is 19.7 Å². The van der Waals surface area contributed by atoms with Gasteiger partial charge >= 0.3 is 6.18 Å². The van der Waals surface area contributed by atoms with E-state index < -0.39 is 17.4 Å². The molecule has 1 aromatic rings. The van der Waals surface area contributed by atoms with Crippen LogP contribution in [0.25, 0.3) is 0 Å². The van der Waals surface area contributed by atoms with Crippen molar-refractivity contribution in [3.05, 3.63) is 34.2 Å². The molecule has 4 nitrogen and oxygen atoms in total. The number of ether oxygens (including phenoxy) is 1. The SMILES string of the molecule is CC(C)OCCCNCCn1c(C(F)(F)F)cccc1=O. The van der Waals surface area contributed by atoms with Gasteiger partial charge in [-0.1, -0.05) is 6.07 Å². The van der Waals surface area contributed by atoms with Gasteiger partial charge in [-0.2, -0.15) is 13.2 Å². The van der Waals surface area contributed by atoms with Crippen LogP contribution in [0.1, 0.15) is 26.0 Å². The second-order valence-corrected chi connectivity index (χ2v) is 4.92. The summed E-state index contributed by atoms with van der Waals surface area (Å²) in [6, 6.07) is 3.17. The van der Waals surface area contributed by atoms with Crippen LogP contribution < -0.4 is 10.9 Å². The summed E-state index contributed by atoms with van der Waals surface area (Å²) in [7, 11) is 0. The number of pyridine rings is 1. The van der Waals surface area contributed by atoms with Crippen LogP contribution in [0.15, 0.2) is 23.0 Å². The van der Waals surface area contributed by atoms with Crippen molar-refractivity contribution in [3.8, 4) is 0 Å². The maximum atomic E-state index is 12.8. The highest BCUT2D eigenvalue weighted by molar-refractivity contribution is 5.10. The second kappa shape index (κ2) is 8.19. The summed E-state index contributed by atoms with van der Waals surface area (Å²) < 4.78 is 44.4. The van der Waals surface area contributed by atoms with Gasteiger partial charge in [-0.3, -0.25) is 4.79 Å². The van der Waals surface area contributed by atoms with E-state index in [0.717, 1.165) is 29.2 Å². The van der Waals surface area contributed by atoms with Crippen molar-refractivity contribution in [3.63, 3.8) is 0 Å². The molecule has 1 aromatic heterocycles. The van der Waals surface area contributed by atoms with Crippen molar-refractivity contribution in [2.24, 2.45) is 0 Å². The summed E-state index contributed by atoms with van der Waals surface area (Å²) in [6.45, 7) is 5.40. The molecule has 7 heteroatoms. The normalized spacial score (nSPS) is 12.1. The van der Waals surface area contributed by atoms with Crippen LogP contribution in [0.5, 0.6) is 0 Å². The molecular formula is C14H21F3N2O2. The molecule has 1 heterocycles. The average Bonchev–Trinajstić information content (AvgIpc) is 2.37. The molecule has 0 bridgehead atoms. The molecule has 1 rings (SSSR count). The summed E-state index contributed by atoms with van der Waals surface area (Å²) in [6.07, 6.45) is -3.58. The van der Waals surface area contributed by atoms with E-state index in [1.807, 2.05) is 13.8 Å². The lowest BCUT2D eigenvalue weighted by molar-refractivity contribution is -0.144. The predicted molar refractivity (Wildman–Crippen MR) is 74.3 cm³/mol. The lowest BCUT2D eigenvalue weighted by atomic mass is 10.3. The Morgan fingerprint density at radius 1 is 1.29 bits per heavy atom. The number of alkyl halides is 3. The molecule has 0 aromatic carbocycles. The topological polar surface area (TPSA) is 43.3 Å². The predicted octanol–water partition coefficient (Wildman–Crippen LogP) is 2.27. The Bertz CT molecular complexity index is 484. The number of nitrogens with zero attached hydrogens (tertiary/aromatic N) is 1. The van der Waals surface area contributed by atoms with Gasteiger partial charge in [0.2, 0.25) is 0 Å². The van der Waals surface area contributed by atoms with E-state index in [2.05, 4.69) is 5.32 Å². The molecule has 21 heavy (non-hydrogen) atoms. The van der Waals surface area contributed by atoms with Gasteiger partial charge in [0, 0.05) is 25.8 Å². The first kappa shape index (κ1) is 17.7. The number of nitrogens with one attached hydrogen (secondary N) is 1. The summed E-state index contributed by atoms with van der Waals surface area (Å²) in [5.41, 5.74) is -1.56. The fraction of sp³-hybridized carbons (Fsp3) is 0.643. The number of rotatable bonds is 8. The lowest BCUT2D eigenvalue weighted by Gasteiger charge is -2.15. The van der Waals surface area contributed by atoms with Gasteiger partial charge in [-0.25, -0.2) is 0 Å². The smallest absolute Gasteiger partial charge is 0.379 e. The fourth-order valence-corrected chi connectivity index (χ4v) is 1.83. The zero-order chi connectivity index (χ0) is 15.9. The number of hydrogen-bond donors (Lipinski definition) is 1. The molecule has 0 spiro atoms. The molecule has 0 aliphatic heterocycles. The van der Waals surface area contributed by atoms with Crippen molar-refractivity contribution >= 4 is 0 Å². The van der Waals surface area contributed by atoms with Gasteiger partial charge in [0.15, 0.2) is 0 Å². The zero-order valence-corrected chi connectivity index (χ0v) is 12.2. The quantitative estimate of drug-likeness (QED) is 0.749. The second-order valence-electron chi connectivity index (χ2n) is 4.92. The molecule has 0 atom stereocenters. The first-order chi connectivity index (χ1) is 9.82. The minimum atomic E-state index is -4.52. The average molecular weight is 306 g/mol. The van der Waals surface area contributed by atoms with Crippen molar-refractivity contribution in [1.82, 2.24) is 9.88 Å². The van der Waals surface area contributed by atoms with Crippen molar-refractivity contribution < 1.29 is 17.9 Å². The van der Waals surface area contributed by atoms with Crippen molar-refractivity contribution in [2.75, 3.05) is 19.7 Å². The molecule has 0 saturated carbocycles. The monoisotopic (exact) mass is 306 g/mol. The Kier molecular flexibility index (Phi) is 6.91. The van der Waals surface area contributed by atoms with E-state index in [1.165, 1.54) is 0 Å². The molecule has 1 N–H and O–H groups in total. The van der Waals surface area contributed by atoms with Gasteiger partial charge in [-0.05, 0) is 32.9 Å². The minimum Gasteiger partial charge on any atom is -0.379 e. The van der Waals surface area contributed by atoms with Gasteiger partial charge in [0.1, 0.15) is 5.69 Å². The van der Waals surface area contributed by atoms with Gasteiger partial charge in [-0.15, -0.1) is 0 Å². The molecule has 0 aliphatic carbocycles. The largest absolute Gasteiger partial charge is 0.431 e. The summed E-state index contributed by atoms with van der Waals surface area (Å²) in [5.74, 6) is 0. The van der Waals surface area contributed by atoms with E-state index >= 15 is 0 Å². The van der Waals surface area contributed by atoms with Crippen molar-refractivity contribution in [1.29, 1.82) is 0 Å². The number of hydrogen-bond acceptors (Lipinski definition) is 3. The Labute approximate surface area is 121 Å². The summed E-state index contributed by atoms with van der Waals surface area (Å²) in [4.78, 5) is 11.5.